The van der Waals surface area contributed by atoms with Crippen LogP contribution in [-0.2, 0) is 0 Å². The van der Waals surface area contributed by atoms with Gasteiger partial charge >= 0.3 is 0 Å². The van der Waals surface area contributed by atoms with E-state index in [1.165, 1.54) is 0 Å². The molecule has 15 heavy (non-hydrogen) atoms. The molecule has 0 amide bonds. The second-order valence-electron chi connectivity index (χ2n) is 3.16. The van der Waals surface area contributed by atoms with Crippen LogP contribution in [0.2, 0.25) is 0 Å². The van der Waals surface area contributed by atoms with Gasteiger partial charge in [-0.3, -0.25) is 0 Å². The molecular weight excluding hydrogens is 186 g/mol. The van der Waals surface area contributed by atoms with Crippen molar-refractivity contribution < 1.29 is 0 Å². The smallest absolute Gasteiger partial charge is 0.123 e. The highest BCUT2D eigenvalue weighted by Crippen LogP contribution is 2.19. The topological polar surface area (TPSA) is 62.7 Å². The number of hydrogen-bond donors (Lipinski definition) is 1. The number of aromatic nitrogens is 1. The Kier molecular flexibility index (Phi) is 2.34. The standard InChI is InChI=1S/C12H9N3/c13-7-9-2-1-3-10(6-9)11-4-5-12(14)15-8-11/h1-6,8H,(H2,14,15). The molecule has 0 bridgehead atoms. The van der Waals surface area contributed by atoms with E-state index >= 15 is 0 Å². The Balaban J connectivity index is 2.46. The molecule has 0 radical (unpaired) electrons. The molecule has 0 fully saturated rings. The van der Waals surface area contributed by atoms with Crippen molar-refractivity contribution >= 4 is 5.82 Å². The molecule has 0 saturated carbocycles. The van der Waals surface area contributed by atoms with Gasteiger partial charge in [-0.2, -0.15) is 5.26 Å². The highest BCUT2D eigenvalue weighted by atomic mass is 14.8. The molecule has 2 N–H and O–H groups in total. The highest BCUT2D eigenvalue weighted by molar-refractivity contribution is 5.65. The number of nitriles is 1. The quantitative estimate of drug-likeness (QED) is 0.758. The molecule has 3 nitrogen and oxygen atoms in total. The van der Waals surface area contributed by atoms with E-state index in [2.05, 4.69) is 11.1 Å². The van der Waals surface area contributed by atoms with Gasteiger partial charge in [-0.25, -0.2) is 4.98 Å². The first-order valence-corrected chi connectivity index (χ1v) is 4.51. The zero-order valence-electron chi connectivity index (χ0n) is 8.01. The van der Waals surface area contributed by atoms with Crippen LogP contribution in [0.4, 0.5) is 5.82 Å². The van der Waals surface area contributed by atoms with Gasteiger partial charge in [-0.05, 0) is 29.8 Å². The second kappa shape index (κ2) is 3.81. The summed E-state index contributed by atoms with van der Waals surface area (Å²) in [6.45, 7) is 0. The van der Waals surface area contributed by atoms with Crippen LogP contribution < -0.4 is 5.73 Å². The van der Waals surface area contributed by atoms with E-state index in [9.17, 15) is 0 Å². The predicted octanol–water partition coefficient (Wildman–Crippen LogP) is 2.20. The minimum Gasteiger partial charge on any atom is -0.384 e. The summed E-state index contributed by atoms with van der Waals surface area (Å²) in [5.74, 6) is 0.496. The molecule has 0 aliphatic carbocycles. The van der Waals surface area contributed by atoms with E-state index in [-0.39, 0.29) is 0 Å². The number of rotatable bonds is 1. The van der Waals surface area contributed by atoms with E-state index in [0.717, 1.165) is 11.1 Å². The third-order valence-corrected chi connectivity index (χ3v) is 2.11. The van der Waals surface area contributed by atoms with Crippen LogP contribution in [0.3, 0.4) is 0 Å². The summed E-state index contributed by atoms with van der Waals surface area (Å²) in [4.78, 5) is 4.01. The number of nitrogens with two attached hydrogens (primary N) is 1. The van der Waals surface area contributed by atoms with Crippen molar-refractivity contribution in [2.45, 2.75) is 0 Å². The van der Waals surface area contributed by atoms with Crippen LogP contribution >= 0.6 is 0 Å². The Hall–Kier alpha value is -2.34. The fraction of sp³-hybridized carbons (Fsp3) is 0. The van der Waals surface area contributed by atoms with Gasteiger partial charge in [0, 0.05) is 11.8 Å². The number of benzene rings is 1. The maximum Gasteiger partial charge on any atom is 0.123 e. The third-order valence-electron chi connectivity index (χ3n) is 2.11. The molecule has 1 heterocycles. The Morgan fingerprint density at radius 1 is 1.13 bits per heavy atom. The number of nitrogens with zero attached hydrogens (tertiary/aromatic N) is 2. The molecule has 0 aliphatic rings. The molecule has 0 saturated heterocycles. The van der Waals surface area contributed by atoms with Gasteiger partial charge < -0.3 is 5.73 Å². The average Bonchev–Trinajstić information content (AvgIpc) is 2.30. The van der Waals surface area contributed by atoms with Gasteiger partial charge in [-0.15, -0.1) is 0 Å². The van der Waals surface area contributed by atoms with Crippen LogP contribution in [-0.4, -0.2) is 4.98 Å². The van der Waals surface area contributed by atoms with Crippen molar-refractivity contribution in [2.24, 2.45) is 0 Å². The Morgan fingerprint density at radius 3 is 2.67 bits per heavy atom. The van der Waals surface area contributed by atoms with E-state index in [0.29, 0.717) is 11.4 Å². The summed E-state index contributed by atoms with van der Waals surface area (Å²) in [7, 11) is 0. The minimum atomic E-state index is 0.496. The maximum atomic E-state index is 8.77. The van der Waals surface area contributed by atoms with Gasteiger partial charge in [-0.1, -0.05) is 12.1 Å². The van der Waals surface area contributed by atoms with Crippen LogP contribution in [0.5, 0.6) is 0 Å². The number of hydrogen-bond acceptors (Lipinski definition) is 3. The largest absolute Gasteiger partial charge is 0.384 e. The zero-order chi connectivity index (χ0) is 10.7. The first-order valence-electron chi connectivity index (χ1n) is 4.51. The van der Waals surface area contributed by atoms with Crippen molar-refractivity contribution in [3.8, 4) is 17.2 Å². The highest BCUT2D eigenvalue weighted by Gasteiger charge is 1.98. The van der Waals surface area contributed by atoms with E-state index in [1.54, 1.807) is 18.3 Å². The van der Waals surface area contributed by atoms with E-state index in [4.69, 9.17) is 11.0 Å². The summed E-state index contributed by atoms with van der Waals surface area (Å²) < 4.78 is 0. The third kappa shape index (κ3) is 1.94. The molecule has 1 aromatic carbocycles. The normalized spacial score (nSPS) is 9.53. The zero-order valence-corrected chi connectivity index (χ0v) is 8.01. The van der Waals surface area contributed by atoms with Crippen molar-refractivity contribution in [1.82, 2.24) is 4.98 Å². The molecular formula is C12H9N3. The van der Waals surface area contributed by atoms with Crippen LogP contribution in [0.25, 0.3) is 11.1 Å². The van der Waals surface area contributed by atoms with Crippen molar-refractivity contribution in [2.75, 3.05) is 5.73 Å². The number of anilines is 1. The minimum absolute atomic E-state index is 0.496. The number of pyridine rings is 1. The van der Waals surface area contributed by atoms with Gasteiger partial charge in [0.25, 0.3) is 0 Å². The van der Waals surface area contributed by atoms with Gasteiger partial charge in [0.2, 0.25) is 0 Å². The summed E-state index contributed by atoms with van der Waals surface area (Å²) in [5, 5.41) is 8.77. The molecule has 0 aliphatic heterocycles. The predicted molar refractivity (Wildman–Crippen MR) is 58.8 cm³/mol. The van der Waals surface area contributed by atoms with Crippen LogP contribution in [0.15, 0.2) is 42.6 Å². The first kappa shape index (κ1) is 9.22. The lowest BCUT2D eigenvalue weighted by atomic mass is 10.1. The SMILES string of the molecule is N#Cc1cccc(-c2ccc(N)nc2)c1. The van der Waals surface area contributed by atoms with Crippen molar-refractivity contribution in [1.29, 1.82) is 5.26 Å². The van der Waals surface area contributed by atoms with Gasteiger partial charge in [0.05, 0.1) is 11.6 Å². The fourth-order valence-corrected chi connectivity index (χ4v) is 1.34. The Bertz CT molecular complexity index is 509. The van der Waals surface area contributed by atoms with E-state index < -0.39 is 0 Å². The first-order chi connectivity index (χ1) is 7.29. The fourth-order valence-electron chi connectivity index (χ4n) is 1.34. The molecule has 0 spiro atoms. The van der Waals surface area contributed by atoms with Crippen LogP contribution in [0, 0.1) is 11.3 Å². The molecule has 0 unspecified atom stereocenters. The molecule has 72 valence electrons. The molecule has 2 rings (SSSR count). The lowest BCUT2D eigenvalue weighted by Crippen LogP contribution is -1.89. The Morgan fingerprint density at radius 2 is 2.00 bits per heavy atom. The van der Waals surface area contributed by atoms with Gasteiger partial charge in [0.1, 0.15) is 5.82 Å². The lowest BCUT2D eigenvalue weighted by Gasteiger charge is -2.01. The average molecular weight is 195 g/mol. The molecule has 2 aromatic rings. The number of nitrogen functional groups attached to an aromatic ring is 1. The summed E-state index contributed by atoms with van der Waals surface area (Å²) in [6, 6.07) is 13.1. The second-order valence-corrected chi connectivity index (χ2v) is 3.16. The van der Waals surface area contributed by atoms with Crippen molar-refractivity contribution in [3.63, 3.8) is 0 Å². The van der Waals surface area contributed by atoms with Crippen LogP contribution in [0.1, 0.15) is 5.56 Å². The summed E-state index contributed by atoms with van der Waals surface area (Å²) in [5.41, 5.74) is 8.07. The maximum absolute atomic E-state index is 8.77. The van der Waals surface area contributed by atoms with Gasteiger partial charge in [0.15, 0.2) is 0 Å². The Labute approximate surface area is 87.8 Å². The lowest BCUT2D eigenvalue weighted by molar-refractivity contribution is 1.33. The molecule has 3 heteroatoms. The summed E-state index contributed by atoms with van der Waals surface area (Å²) >= 11 is 0. The molecule has 1 aromatic heterocycles. The van der Waals surface area contributed by atoms with Crippen molar-refractivity contribution in [3.05, 3.63) is 48.2 Å². The monoisotopic (exact) mass is 195 g/mol. The van der Waals surface area contributed by atoms with E-state index in [1.807, 2.05) is 24.3 Å². The summed E-state index contributed by atoms with van der Waals surface area (Å²) in [6.07, 6.45) is 1.70. The molecule has 0 atom stereocenters.